The van der Waals surface area contributed by atoms with Crippen LogP contribution >= 0.6 is 38.5 Å². The molecule has 0 bridgehead atoms. The Kier molecular flexibility index (Phi) is 5.27. The van der Waals surface area contributed by atoms with Crippen LogP contribution in [0, 0.1) is 10.5 Å². The number of halogens is 2. The van der Waals surface area contributed by atoms with Crippen LogP contribution in [-0.2, 0) is 0 Å². The second-order valence-corrected chi connectivity index (χ2v) is 6.39. The Morgan fingerprint density at radius 3 is 2.33 bits per heavy atom. The largest absolute Gasteiger partial charge is 0.493 e. The summed E-state index contributed by atoms with van der Waals surface area (Å²) in [5.41, 5.74) is 2.32. The molecule has 0 saturated carbocycles. The first-order chi connectivity index (χ1) is 9.99. The van der Waals surface area contributed by atoms with Crippen LogP contribution in [0.25, 0.3) is 0 Å². The predicted molar refractivity (Wildman–Crippen MR) is 94.6 cm³/mol. The number of hydrogen-bond donors (Lipinski definition) is 0. The third-order valence-electron chi connectivity index (χ3n) is 3.15. The van der Waals surface area contributed by atoms with Crippen LogP contribution in [0.5, 0.6) is 11.5 Å². The molecule has 0 aliphatic carbocycles. The normalized spacial score (nSPS) is 10.3. The first-order valence-electron chi connectivity index (χ1n) is 6.21. The fourth-order valence-electron chi connectivity index (χ4n) is 2.00. The Labute approximate surface area is 145 Å². The molecule has 0 N–H and O–H groups in total. The summed E-state index contributed by atoms with van der Waals surface area (Å²) in [5, 5.41) is 0. The maximum absolute atomic E-state index is 12.8. The van der Waals surface area contributed by atoms with E-state index in [0.29, 0.717) is 27.1 Å². The molecule has 0 spiro atoms. The molecule has 0 unspecified atom stereocenters. The van der Waals surface area contributed by atoms with Crippen LogP contribution in [0.3, 0.4) is 0 Å². The Morgan fingerprint density at radius 1 is 1.10 bits per heavy atom. The summed E-state index contributed by atoms with van der Waals surface area (Å²) in [5.74, 6) is 1.07. The van der Waals surface area contributed by atoms with Crippen LogP contribution in [0.15, 0.2) is 34.8 Å². The van der Waals surface area contributed by atoms with Crippen molar-refractivity contribution < 1.29 is 14.3 Å². The monoisotopic (exact) mass is 460 g/mol. The second kappa shape index (κ2) is 6.79. The molecule has 2 aromatic carbocycles. The van der Waals surface area contributed by atoms with Crippen molar-refractivity contribution in [1.82, 2.24) is 0 Å². The highest BCUT2D eigenvalue weighted by atomic mass is 127. The van der Waals surface area contributed by atoms with Gasteiger partial charge in [-0.15, -0.1) is 0 Å². The second-order valence-electron chi connectivity index (χ2n) is 4.45. The minimum atomic E-state index is -0.0454. The molecule has 0 saturated heterocycles. The Hall–Kier alpha value is -1.08. The van der Waals surface area contributed by atoms with Gasteiger partial charge in [-0.2, -0.15) is 0 Å². The topological polar surface area (TPSA) is 35.5 Å². The van der Waals surface area contributed by atoms with Gasteiger partial charge in [-0.3, -0.25) is 4.79 Å². The van der Waals surface area contributed by atoms with E-state index in [-0.39, 0.29) is 5.78 Å². The number of rotatable bonds is 4. The average molecular weight is 461 g/mol. The Morgan fingerprint density at radius 2 is 1.71 bits per heavy atom. The van der Waals surface area contributed by atoms with Gasteiger partial charge in [-0.1, -0.05) is 12.1 Å². The lowest BCUT2D eigenvalue weighted by molar-refractivity contribution is 0.103. The van der Waals surface area contributed by atoms with Gasteiger partial charge in [0.1, 0.15) is 0 Å². The SMILES string of the molecule is COc1cc(Br)c(C(=O)c2cccc(C)c2I)cc1OC. The van der Waals surface area contributed by atoms with Gasteiger partial charge in [0.15, 0.2) is 17.3 Å². The molecule has 3 nitrogen and oxygen atoms in total. The number of ether oxygens (including phenoxy) is 2. The van der Waals surface area contributed by atoms with Crippen molar-refractivity contribution in [2.24, 2.45) is 0 Å². The van der Waals surface area contributed by atoms with Gasteiger partial charge in [0.05, 0.1) is 14.2 Å². The van der Waals surface area contributed by atoms with Gasteiger partial charge in [-0.05, 0) is 69.2 Å². The van der Waals surface area contributed by atoms with Gasteiger partial charge >= 0.3 is 0 Å². The molecule has 2 aromatic rings. The highest BCUT2D eigenvalue weighted by Gasteiger charge is 2.19. The molecule has 5 heteroatoms. The van der Waals surface area contributed by atoms with Gasteiger partial charge in [0.2, 0.25) is 0 Å². The van der Waals surface area contributed by atoms with E-state index >= 15 is 0 Å². The highest BCUT2D eigenvalue weighted by Crippen LogP contribution is 2.35. The van der Waals surface area contributed by atoms with Crippen molar-refractivity contribution in [3.63, 3.8) is 0 Å². The molecule has 0 aliphatic rings. The summed E-state index contributed by atoms with van der Waals surface area (Å²) in [6.07, 6.45) is 0. The summed E-state index contributed by atoms with van der Waals surface area (Å²) in [6, 6.07) is 9.15. The molecule has 110 valence electrons. The zero-order valence-electron chi connectivity index (χ0n) is 11.9. The number of aryl methyl sites for hydroxylation is 1. The number of benzene rings is 2. The van der Waals surface area contributed by atoms with Crippen molar-refractivity contribution in [1.29, 1.82) is 0 Å². The molecular formula is C16H14BrIO3. The standard InChI is InChI=1S/C16H14BrIO3/c1-9-5-4-6-10(15(9)18)16(19)11-7-13(20-2)14(21-3)8-12(11)17/h4-8H,1-3H3. The van der Waals surface area contributed by atoms with E-state index in [1.165, 1.54) is 0 Å². The van der Waals surface area contributed by atoms with Crippen molar-refractivity contribution in [3.05, 3.63) is 55.1 Å². The lowest BCUT2D eigenvalue weighted by Crippen LogP contribution is -2.06. The number of carbonyl (C=O) groups excluding carboxylic acids is 1. The van der Waals surface area contributed by atoms with Crippen LogP contribution in [0.2, 0.25) is 0 Å². The fourth-order valence-corrected chi connectivity index (χ4v) is 3.10. The fraction of sp³-hybridized carbons (Fsp3) is 0.188. The molecule has 21 heavy (non-hydrogen) atoms. The van der Waals surface area contributed by atoms with E-state index in [2.05, 4.69) is 38.5 Å². The minimum absolute atomic E-state index is 0.0454. The van der Waals surface area contributed by atoms with E-state index in [4.69, 9.17) is 9.47 Å². The first kappa shape index (κ1) is 16.3. The number of hydrogen-bond acceptors (Lipinski definition) is 3. The maximum atomic E-state index is 12.8. The molecule has 2 rings (SSSR count). The van der Waals surface area contributed by atoms with E-state index < -0.39 is 0 Å². The summed E-state index contributed by atoms with van der Waals surface area (Å²) >= 11 is 5.63. The smallest absolute Gasteiger partial charge is 0.195 e. The predicted octanol–water partition coefficient (Wildman–Crippen LogP) is 4.61. The zero-order valence-corrected chi connectivity index (χ0v) is 15.6. The van der Waals surface area contributed by atoms with Crippen molar-refractivity contribution >= 4 is 44.3 Å². The van der Waals surface area contributed by atoms with Crippen molar-refractivity contribution in [3.8, 4) is 11.5 Å². The Bertz CT molecular complexity index is 698. The number of carbonyl (C=O) groups is 1. The molecule has 0 radical (unpaired) electrons. The molecule has 0 aliphatic heterocycles. The molecule has 0 heterocycles. The molecule has 0 fully saturated rings. The average Bonchev–Trinajstić information content (AvgIpc) is 2.49. The van der Waals surface area contributed by atoms with E-state index in [0.717, 1.165) is 9.13 Å². The molecule has 0 aromatic heterocycles. The third kappa shape index (κ3) is 3.23. The molecule has 0 atom stereocenters. The van der Waals surface area contributed by atoms with E-state index in [1.54, 1.807) is 26.4 Å². The van der Waals surface area contributed by atoms with E-state index in [9.17, 15) is 4.79 Å². The van der Waals surface area contributed by atoms with Gasteiger partial charge < -0.3 is 9.47 Å². The quantitative estimate of drug-likeness (QED) is 0.493. The summed E-state index contributed by atoms with van der Waals surface area (Å²) < 4.78 is 12.1. The van der Waals surface area contributed by atoms with Gasteiger partial charge in [-0.25, -0.2) is 0 Å². The summed E-state index contributed by atoms with van der Waals surface area (Å²) in [4.78, 5) is 12.8. The minimum Gasteiger partial charge on any atom is -0.493 e. The van der Waals surface area contributed by atoms with Crippen LogP contribution in [0.1, 0.15) is 21.5 Å². The number of ketones is 1. The van der Waals surface area contributed by atoms with Gasteiger partial charge in [0, 0.05) is 19.2 Å². The van der Waals surface area contributed by atoms with Crippen LogP contribution in [0.4, 0.5) is 0 Å². The molecule has 0 amide bonds. The zero-order chi connectivity index (χ0) is 15.6. The summed E-state index contributed by atoms with van der Waals surface area (Å²) in [7, 11) is 3.12. The lowest BCUT2D eigenvalue weighted by Gasteiger charge is -2.12. The Balaban J connectivity index is 2.56. The number of methoxy groups -OCH3 is 2. The third-order valence-corrected chi connectivity index (χ3v) is 5.24. The first-order valence-corrected chi connectivity index (χ1v) is 8.08. The highest BCUT2D eigenvalue weighted by molar-refractivity contribution is 14.1. The maximum Gasteiger partial charge on any atom is 0.195 e. The van der Waals surface area contributed by atoms with Crippen molar-refractivity contribution in [2.45, 2.75) is 6.92 Å². The summed E-state index contributed by atoms with van der Waals surface area (Å²) in [6.45, 7) is 1.99. The molecular weight excluding hydrogens is 447 g/mol. The van der Waals surface area contributed by atoms with Crippen LogP contribution in [-0.4, -0.2) is 20.0 Å². The van der Waals surface area contributed by atoms with Crippen LogP contribution < -0.4 is 9.47 Å². The van der Waals surface area contributed by atoms with Gasteiger partial charge in [0.25, 0.3) is 0 Å². The van der Waals surface area contributed by atoms with Crippen molar-refractivity contribution in [2.75, 3.05) is 14.2 Å². The lowest BCUT2D eigenvalue weighted by atomic mass is 10.0. The van der Waals surface area contributed by atoms with E-state index in [1.807, 2.05) is 25.1 Å².